The van der Waals surface area contributed by atoms with Crippen LogP contribution in [0.4, 0.5) is 5.69 Å². The molecule has 9 heteroatoms. The number of nitrogens with one attached hydrogen (secondary N) is 1. The summed E-state index contributed by atoms with van der Waals surface area (Å²) in [6, 6.07) is 4.74. The molecule has 0 aliphatic heterocycles. The molecule has 0 bridgehead atoms. The van der Waals surface area contributed by atoms with Gasteiger partial charge in [0, 0.05) is 17.1 Å². The summed E-state index contributed by atoms with van der Waals surface area (Å²) >= 11 is 0. The summed E-state index contributed by atoms with van der Waals surface area (Å²) in [6.07, 6.45) is 1.68. The van der Waals surface area contributed by atoms with Crippen LogP contribution in [0.3, 0.4) is 0 Å². The zero-order valence-corrected chi connectivity index (χ0v) is 17.3. The highest BCUT2D eigenvalue weighted by Crippen LogP contribution is 2.25. The molecular formula is C19H23N5O3S. The Morgan fingerprint density at radius 3 is 2.46 bits per heavy atom. The molecule has 0 atom stereocenters. The van der Waals surface area contributed by atoms with Crippen molar-refractivity contribution in [2.24, 2.45) is 5.14 Å². The van der Waals surface area contributed by atoms with Crippen LogP contribution in [0.15, 0.2) is 29.3 Å². The standard InChI is InChI=1S/C19H23N5O3S/c1-10(2)24-18-14(9-21-24)7-16(13(5)22-18)19(25)23-17-8-15(28(20,26)27)6-11(3)12(17)4/h6-10H,1-5H3,(H,23,25)(H2,20,26,27). The number of nitrogens with two attached hydrogens (primary N) is 1. The average Bonchev–Trinajstić information content (AvgIpc) is 2.99. The van der Waals surface area contributed by atoms with Gasteiger partial charge in [-0.05, 0) is 63.9 Å². The minimum Gasteiger partial charge on any atom is -0.322 e. The summed E-state index contributed by atoms with van der Waals surface area (Å²) in [4.78, 5) is 17.4. The van der Waals surface area contributed by atoms with Crippen LogP contribution in [0.1, 0.15) is 47.1 Å². The maximum atomic E-state index is 12.9. The summed E-state index contributed by atoms with van der Waals surface area (Å²) in [5.74, 6) is -0.377. The van der Waals surface area contributed by atoms with Gasteiger partial charge in [0.15, 0.2) is 5.65 Å². The Labute approximate surface area is 163 Å². The van der Waals surface area contributed by atoms with Gasteiger partial charge in [-0.3, -0.25) is 4.79 Å². The van der Waals surface area contributed by atoms with Gasteiger partial charge >= 0.3 is 0 Å². The molecule has 1 aromatic carbocycles. The molecular weight excluding hydrogens is 378 g/mol. The SMILES string of the molecule is Cc1cc(S(N)(=O)=O)cc(NC(=O)c2cc3cnn(C(C)C)c3nc2C)c1C. The second-order valence-electron chi connectivity index (χ2n) is 7.13. The topological polar surface area (TPSA) is 120 Å². The van der Waals surface area contributed by atoms with Gasteiger partial charge in [-0.2, -0.15) is 5.10 Å². The fraction of sp³-hybridized carbons (Fsp3) is 0.316. The monoisotopic (exact) mass is 401 g/mol. The molecule has 3 N–H and O–H groups in total. The van der Waals surface area contributed by atoms with Gasteiger partial charge in [-0.15, -0.1) is 0 Å². The number of aryl methyl sites for hydroxylation is 2. The number of rotatable bonds is 4. The second kappa shape index (κ2) is 6.99. The van der Waals surface area contributed by atoms with Crippen molar-refractivity contribution in [2.45, 2.75) is 45.6 Å². The molecule has 0 radical (unpaired) electrons. The van der Waals surface area contributed by atoms with Crippen LogP contribution in [-0.2, 0) is 10.0 Å². The third kappa shape index (κ3) is 3.63. The van der Waals surface area contributed by atoms with Gasteiger partial charge in [-0.25, -0.2) is 23.2 Å². The van der Waals surface area contributed by atoms with Crippen molar-refractivity contribution in [1.29, 1.82) is 0 Å². The maximum Gasteiger partial charge on any atom is 0.257 e. The van der Waals surface area contributed by atoms with Gasteiger partial charge in [0.25, 0.3) is 5.91 Å². The van der Waals surface area contributed by atoms with Crippen LogP contribution in [0.2, 0.25) is 0 Å². The first-order valence-corrected chi connectivity index (χ1v) is 10.3. The van der Waals surface area contributed by atoms with Gasteiger partial charge in [-0.1, -0.05) is 0 Å². The van der Waals surface area contributed by atoms with E-state index in [4.69, 9.17) is 5.14 Å². The van der Waals surface area contributed by atoms with E-state index in [2.05, 4.69) is 15.4 Å². The van der Waals surface area contributed by atoms with Crippen molar-refractivity contribution in [1.82, 2.24) is 14.8 Å². The van der Waals surface area contributed by atoms with Crippen LogP contribution in [0.25, 0.3) is 11.0 Å². The first-order valence-electron chi connectivity index (χ1n) is 8.79. The van der Waals surface area contributed by atoms with Gasteiger partial charge in [0.05, 0.1) is 22.3 Å². The molecule has 0 fully saturated rings. The molecule has 0 aliphatic rings. The van der Waals surface area contributed by atoms with E-state index in [0.29, 0.717) is 28.2 Å². The number of amides is 1. The smallest absolute Gasteiger partial charge is 0.257 e. The minimum atomic E-state index is -3.88. The molecule has 0 spiro atoms. The van der Waals surface area contributed by atoms with E-state index < -0.39 is 10.0 Å². The number of anilines is 1. The summed E-state index contributed by atoms with van der Waals surface area (Å²) < 4.78 is 25.2. The molecule has 2 heterocycles. The summed E-state index contributed by atoms with van der Waals surface area (Å²) in [7, 11) is -3.88. The van der Waals surface area contributed by atoms with Crippen molar-refractivity contribution < 1.29 is 13.2 Å². The molecule has 28 heavy (non-hydrogen) atoms. The molecule has 0 saturated carbocycles. The number of hydrogen-bond acceptors (Lipinski definition) is 5. The predicted molar refractivity (Wildman–Crippen MR) is 108 cm³/mol. The summed E-state index contributed by atoms with van der Waals surface area (Å²) in [5.41, 5.74) is 3.54. The molecule has 0 aliphatic carbocycles. The number of carbonyl (C=O) groups is 1. The number of fused-ring (bicyclic) bond motifs is 1. The third-order valence-corrected chi connectivity index (χ3v) is 5.60. The van der Waals surface area contributed by atoms with Crippen LogP contribution in [0, 0.1) is 20.8 Å². The molecule has 3 aromatic rings. The second-order valence-corrected chi connectivity index (χ2v) is 8.69. The Kier molecular flexibility index (Phi) is 4.99. The Morgan fingerprint density at radius 1 is 1.18 bits per heavy atom. The number of hydrogen-bond donors (Lipinski definition) is 2. The number of carbonyl (C=O) groups excluding carboxylic acids is 1. The van der Waals surface area contributed by atoms with Crippen LogP contribution < -0.4 is 10.5 Å². The van der Waals surface area contributed by atoms with E-state index in [0.717, 1.165) is 10.9 Å². The number of nitrogens with zero attached hydrogens (tertiary/aromatic N) is 3. The lowest BCUT2D eigenvalue weighted by Gasteiger charge is -2.14. The lowest BCUT2D eigenvalue weighted by atomic mass is 10.1. The number of aromatic nitrogens is 3. The normalized spacial score (nSPS) is 12.0. The molecule has 0 unspecified atom stereocenters. The average molecular weight is 401 g/mol. The molecule has 8 nitrogen and oxygen atoms in total. The quantitative estimate of drug-likeness (QED) is 0.696. The van der Waals surface area contributed by atoms with Crippen molar-refractivity contribution in [2.75, 3.05) is 5.32 Å². The van der Waals surface area contributed by atoms with Gasteiger partial charge < -0.3 is 5.32 Å². The number of benzene rings is 1. The number of pyridine rings is 1. The van der Waals surface area contributed by atoms with Crippen molar-refractivity contribution >= 4 is 32.7 Å². The highest BCUT2D eigenvalue weighted by atomic mass is 32.2. The van der Waals surface area contributed by atoms with E-state index in [-0.39, 0.29) is 16.8 Å². The Bertz CT molecular complexity index is 1200. The van der Waals surface area contributed by atoms with E-state index >= 15 is 0 Å². The van der Waals surface area contributed by atoms with Gasteiger partial charge in [0.1, 0.15) is 0 Å². The van der Waals surface area contributed by atoms with E-state index in [1.165, 1.54) is 12.1 Å². The first kappa shape index (κ1) is 20.0. The minimum absolute atomic E-state index is 0.0468. The lowest BCUT2D eigenvalue weighted by molar-refractivity contribution is 0.102. The molecule has 2 aromatic heterocycles. The number of primary sulfonamides is 1. The molecule has 3 rings (SSSR count). The zero-order chi connectivity index (χ0) is 20.8. The molecule has 0 saturated heterocycles. The molecule has 1 amide bonds. The van der Waals surface area contributed by atoms with Crippen molar-refractivity contribution in [3.8, 4) is 0 Å². The van der Waals surface area contributed by atoms with Crippen LogP contribution >= 0.6 is 0 Å². The largest absolute Gasteiger partial charge is 0.322 e. The van der Waals surface area contributed by atoms with Crippen LogP contribution in [-0.4, -0.2) is 29.1 Å². The number of sulfonamides is 1. The van der Waals surface area contributed by atoms with Crippen molar-refractivity contribution in [3.63, 3.8) is 0 Å². The third-order valence-electron chi connectivity index (χ3n) is 4.71. The van der Waals surface area contributed by atoms with Crippen molar-refractivity contribution in [3.05, 3.63) is 46.8 Å². The Hall–Kier alpha value is -2.78. The first-order chi connectivity index (χ1) is 13.0. The van der Waals surface area contributed by atoms with Gasteiger partial charge in [0.2, 0.25) is 10.0 Å². The van der Waals surface area contributed by atoms with Crippen LogP contribution in [0.5, 0.6) is 0 Å². The zero-order valence-electron chi connectivity index (χ0n) is 16.4. The highest BCUT2D eigenvalue weighted by Gasteiger charge is 2.18. The fourth-order valence-electron chi connectivity index (χ4n) is 2.98. The summed E-state index contributed by atoms with van der Waals surface area (Å²) in [6.45, 7) is 9.34. The van der Waals surface area contributed by atoms with E-state index in [1.54, 1.807) is 37.7 Å². The molecule has 148 valence electrons. The van der Waals surface area contributed by atoms with E-state index in [1.807, 2.05) is 13.8 Å². The Balaban J connectivity index is 2.02. The summed E-state index contributed by atoms with van der Waals surface area (Å²) in [5, 5.41) is 13.1. The lowest BCUT2D eigenvalue weighted by Crippen LogP contribution is -2.17. The highest BCUT2D eigenvalue weighted by molar-refractivity contribution is 7.89. The fourth-order valence-corrected chi connectivity index (χ4v) is 3.61. The van der Waals surface area contributed by atoms with E-state index in [9.17, 15) is 13.2 Å². The maximum absolute atomic E-state index is 12.9. The Morgan fingerprint density at radius 2 is 1.86 bits per heavy atom. The predicted octanol–water partition coefficient (Wildman–Crippen LogP) is 2.84.